The summed E-state index contributed by atoms with van der Waals surface area (Å²) in [6.45, 7) is 7.60. The first kappa shape index (κ1) is 11.5. The van der Waals surface area contributed by atoms with Gasteiger partial charge in [-0.1, -0.05) is 27.2 Å². The third kappa shape index (κ3) is 2.73. The third-order valence-corrected chi connectivity index (χ3v) is 3.13. The molecular weight excluding hydrogens is 174 g/mol. The Morgan fingerprint density at radius 2 is 2.21 bits per heavy atom. The van der Waals surface area contributed by atoms with Crippen LogP contribution < -0.4 is 0 Å². The molecule has 1 saturated heterocycles. The average Bonchev–Trinajstić information content (AvgIpc) is 2.15. The van der Waals surface area contributed by atoms with Gasteiger partial charge in [0.25, 0.3) is 0 Å². The van der Waals surface area contributed by atoms with Crippen LogP contribution in [0.25, 0.3) is 0 Å². The second kappa shape index (κ2) is 5.38. The quantitative estimate of drug-likeness (QED) is 0.678. The van der Waals surface area contributed by atoms with Gasteiger partial charge in [-0.05, 0) is 25.2 Å². The van der Waals surface area contributed by atoms with E-state index in [-0.39, 0.29) is 0 Å². The molecule has 1 amide bonds. The number of carbonyl (C=O) groups is 1. The van der Waals surface area contributed by atoms with Gasteiger partial charge < -0.3 is 4.90 Å². The lowest BCUT2D eigenvalue weighted by Gasteiger charge is -2.38. The molecule has 0 aromatic rings. The van der Waals surface area contributed by atoms with Gasteiger partial charge in [0.15, 0.2) is 0 Å². The van der Waals surface area contributed by atoms with E-state index in [1.54, 1.807) is 0 Å². The van der Waals surface area contributed by atoms with Crippen LogP contribution in [0.4, 0.5) is 0 Å². The largest absolute Gasteiger partial charge is 0.339 e. The van der Waals surface area contributed by atoms with Crippen molar-refractivity contribution in [3.63, 3.8) is 0 Å². The monoisotopic (exact) mass is 197 g/mol. The molecule has 2 nitrogen and oxygen atoms in total. The minimum atomic E-state index is 0.378. The first-order valence-corrected chi connectivity index (χ1v) is 5.96. The molecule has 1 atom stereocenters. The summed E-state index contributed by atoms with van der Waals surface area (Å²) in [6, 6.07) is 0.503. The van der Waals surface area contributed by atoms with E-state index < -0.39 is 0 Å². The van der Waals surface area contributed by atoms with Crippen molar-refractivity contribution in [3.8, 4) is 0 Å². The molecule has 1 heterocycles. The Balaban J connectivity index is 2.56. The maximum Gasteiger partial charge on any atom is 0.222 e. The van der Waals surface area contributed by atoms with E-state index in [1.807, 2.05) is 0 Å². The Morgan fingerprint density at radius 1 is 1.50 bits per heavy atom. The van der Waals surface area contributed by atoms with E-state index in [9.17, 15) is 4.79 Å². The number of carbonyl (C=O) groups excluding carboxylic acids is 1. The number of likely N-dealkylation sites (tertiary alicyclic amines) is 1. The fourth-order valence-corrected chi connectivity index (χ4v) is 2.26. The van der Waals surface area contributed by atoms with Crippen LogP contribution in [-0.4, -0.2) is 23.4 Å². The molecule has 82 valence electrons. The van der Waals surface area contributed by atoms with E-state index in [1.165, 1.54) is 12.8 Å². The summed E-state index contributed by atoms with van der Waals surface area (Å²) < 4.78 is 0. The number of hydrogen-bond donors (Lipinski definition) is 0. The zero-order chi connectivity index (χ0) is 10.6. The minimum Gasteiger partial charge on any atom is -0.339 e. The molecule has 0 radical (unpaired) electrons. The van der Waals surface area contributed by atoms with Gasteiger partial charge in [0.05, 0.1) is 0 Å². The molecule has 1 aliphatic rings. The number of hydrogen-bond acceptors (Lipinski definition) is 1. The van der Waals surface area contributed by atoms with Gasteiger partial charge in [0, 0.05) is 19.0 Å². The lowest BCUT2D eigenvalue weighted by molar-refractivity contribution is -0.137. The average molecular weight is 197 g/mol. The van der Waals surface area contributed by atoms with Crippen LogP contribution >= 0.6 is 0 Å². The molecule has 0 aromatic carbocycles. The standard InChI is InChI=1S/C12H23NO/c1-4-5-9-13-11(10(2)3)7-6-8-12(13)14/h10-11H,4-9H2,1-3H3. The zero-order valence-electron chi connectivity index (χ0n) is 9.75. The highest BCUT2D eigenvalue weighted by Gasteiger charge is 2.29. The summed E-state index contributed by atoms with van der Waals surface area (Å²) >= 11 is 0. The van der Waals surface area contributed by atoms with Crippen LogP contribution in [-0.2, 0) is 4.79 Å². The SMILES string of the molecule is CCCCN1C(=O)CCCC1C(C)C. The number of rotatable bonds is 4. The van der Waals surface area contributed by atoms with E-state index in [0.29, 0.717) is 17.9 Å². The molecule has 1 fully saturated rings. The Morgan fingerprint density at radius 3 is 2.79 bits per heavy atom. The predicted octanol–water partition coefficient (Wildman–Crippen LogP) is 2.82. The van der Waals surface area contributed by atoms with Crippen LogP contribution in [0.1, 0.15) is 52.9 Å². The summed E-state index contributed by atoms with van der Waals surface area (Å²) in [4.78, 5) is 13.9. The minimum absolute atomic E-state index is 0.378. The van der Waals surface area contributed by atoms with E-state index >= 15 is 0 Å². The van der Waals surface area contributed by atoms with Gasteiger partial charge in [0.2, 0.25) is 5.91 Å². The first-order chi connectivity index (χ1) is 6.66. The van der Waals surface area contributed by atoms with Crippen molar-refractivity contribution in [1.82, 2.24) is 4.90 Å². The highest BCUT2D eigenvalue weighted by Crippen LogP contribution is 2.24. The van der Waals surface area contributed by atoms with Crippen LogP contribution in [0.15, 0.2) is 0 Å². The Kier molecular flexibility index (Phi) is 4.43. The van der Waals surface area contributed by atoms with Gasteiger partial charge in [0.1, 0.15) is 0 Å². The molecule has 0 spiro atoms. The highest BCUT2D eigenvalue weighted by atomic mass is 16.2. The lowest BCUT2D eigenvalue weighted by atomic mass is 9.92. The van der Waals surface area contributed by atoms with Crippen LogP contribution in [0.3, 0.4) is 0 Å². The number of unbranched alkanes of at least 4 members (excludes halogenated alkanes) is 1. The van der Waals surface area contributed by atoms with E-state index in [4.69, 9.17) is 0 Å². The van der Waals surface area contributed by atoms with Crippen LogP contribution in [0.5, 0.6) is 0 Å². The van der Waals surface area contributed by atoms with Crippen molar-refractivity contribution in [2.24, 2.45) is 5.92 Å². The third-order valence-electron chi connectivity index (χ3n) is 3.13. The molecule has 14 heavy (non-hydrogen) atoms. The number of amides is 1. The molecule has 2 heteroatoms. The normalized spacial score (nSPS) is 23.3. The van der Waals surface area contributed by atoms with E-state index in [2.05, 4.69) is 25.7 Å². The van der Waals surface area contributed by atoms with Gasteiger partial charge in [-0.15, -0.1) is 0 Å². The molecule has 1 aliphatic heterocycles. The summed E-state index contributed by atoms with van der Waals surface area (Å²) in [5, 5.41) is 0. The topological polar surface area (TPSA) is 20.3 Å². The first-order valence-electron chi connectivity index (χ1n) is 5.96. The lowest BCUT2D eigenvalue weighted by Crippen LogP contribution is -2.46. The van der Waals surface area contributed by atoms with Gasteiger partial charge in [-0.2, -0.15) is 0 Å². The van der Waals surface area contributed by atoms with Crippen LogP contribution in [0.2, 0.25) is 0 Å². The summed E-state index contributed by atoms with van der Waals surface area (Å²) in [5.74, 6) is 0.986. The summed E-state index contributed by atoms with van der Waals surface area (Å²) in [5.41, 5.74) is 0. The van der Waals surface area contributed by atoms with Crippen molar-refractivity contribution in [2.75, 3.05) is 6.54 Å². The predicted molar refractivity (Wildman–Crippen MR) is 59.1 cm³/mol. The van der Waals surface area contributed by atoms with Crippen molar-refractivity contribution in [2.45, 2.75) is 58.9 Å². The van der Waals surface area contributed by atoms with Gasteiger partial charge in [-0.3, -0.25) is 4.79 Å². The van der Waals surface area contributed by atoms with Gasteiger partial charge >= 0.3 is 0 Å². The molecule has 1 rings (SSSR count). The highest BCUT2D eigenvalue weighted by molar-refractivity contribution is 5.77. The molecule has 0 aromatic heterocycles. The molecule has 0 N–H and O–H groups in total. The molecule has 1 unspecified atom stereocenters. The molecule has 0 saturated carbocycles. The van der Waals surface area contributed by atoms with Crippen molar-refractivity contribution >= 4 is 5.91 Å². The number of piperidine rings is 1. The molecule has 0 aliphatic carbocycles. The summed E-state index contributed by atoms with van der Waals surface area (Å²) in [7, 11) is 0. The smallest absolute Gasteiger partial charge is 0.222 e. The Hall–Kier alpha value is -0.530. The second-order valence-electron chi connectivity index (χ2n) is 4.64. The van der Waals surface area contributed by atoms with E-state index in [0.717, 1.165) is 25.8 Å². The zero-order valence-corrected chi connectivity index (χ0v) is 9.75. The Labute approximate surface area is 87.7 Å². The van der Waals surface area contributed by atoms with Gasteiger partial charge in [-0.25, -0.2) is 0 Å². The van der Waals surface area contributed by atoms with Crippen LogP contribution in [0, 0.1) is 5.92 Å². The number of nitrogens with zero attached hydrogens (tertiary/aromatic N) is 1. The molecular formula is C12H23NO. The van der Waals surface area contributed by atoms with Crippen molar-refractivity contribution in [1.29, 1.82) is 0 Å². The Bertz CT molecular complexity index is 189. The van der Waals surface area contributed by atoms with Crippen molar-refractivity contribution in [3.05, 3.63) is 0 Å². The fraction of sp³-hybridized carbons (Fsp3) is 0.917. The second-order valence-corrected chi connectivity index (χ2v) is 4.64. The summed E-state index contributed by atoms with van der Waals surface area (Å²) in [6.07, 6.45) is 5.38. The van der Waals surface area contributed by atoms with Crippen molar-refractivity contribution < 1.29 is 4.79 Å². The molecule has 0 bridgehead atoms. The maximum atomic E-state index is 11.7. The fourth-order valence-electron chi connectivity index (χ4n) is 2.26. The maximum absolute atomic E-state index is 11.7.